The van der Waals surface area contributed by atoms with Crippen molar-refractivity contribution in [2.24, 2.45) is 11.8 Å². The number of nitrogens with zero attached hydrogens (tertiary/aromatic N) is 1. The second kappa shape index (κ2) is 5.62. The summed E-state index contributed by atoms with van der Waals surface area (Å²) in [7, 11) is 0. The third-order valence-electron chi connectivity index (χ3n) is 2.91. The Kier molecular flexibility index (Phi) is 4.45. The van der Waals surface area contributed by atoms with Crippen LogP contribution in [0.4, 0.5) is 14.5 Å². The molecule has 0 radical (unpaired) electrons. The van der Waals surface area contributed by atoms with Crippen LogP contribution in [0.25, 0.3) is 0 Å². The molecule has 4 heteroatoms. The molecule has 0 bridgehead atoms. The Hall–Kier alpha value is -1.63. The number of nitrogens with one attached hydrogen (secondary N) is 1. The minimum Gasteiger partial charge on any atom is -0.380 e. The summed E-state index contributed by atoms with van der Waals surface area (Å²) in [4.78, 5) is 0. The highest BCUT2D eigenvalue weighted by atomic mass is 19.1. The van der Waals surface area contributed by atoms with Crippen molar-refractivity contribution in [2.75, 3.05) is 11.9 Å². The normalized spacial score (nSPS) is 12.3. The number of anilines is 1. The van der Waals surface area contributed by atoms with Crippen LogP contribution in [0.2, 0.25) is 0 Å². The van der Waals surface area contributed by atoms with Crippen molar-refractivity contribution in [3.63, 3.8) is 0 Å². The standard InChI is InChI=1S/C13H16F2N2/c1-8(2)9(3)7-17-13-11(14)4-10(6-16)5-12(13)15/h4-5,8-9,17H,7H2,1-3H3. The van der Waals surface area contributed by atoms with E-state index in [2.05, 4.69) is 19.2 Å². The molecule has 0 heterocycles. The largest absolute Gasteiger partial charge is 0.380 e. The fourth-order valence-electron chi connectivity index (χ4n) is 1.31. The van der Waals surface area contributed by atoms with E-state index in [1.54, 1.807) is 6.07 Å². The number of hydrogen-bond donors (Lipinski definition) is 1. The molecule has 0 aromatic heterocycles. The molecule has 0 saturated heterocycles. The average Bonchev–Trinajstić information content (AvgIpc) is 2.27. The number of halogens is 2. The predicted octanol–water partition coefficient (Wildman–Crippen LogP) is 3.54. The smallest absolute Gasteiger partial charge is 0.150 e. The Morgan fingerprint density at radius 3 is 2.18 bits per heavy atom. The number of nitriles is 1. The highest BCUT2D eigenvalue weighted by molar-refractivity contribution is 5.50. The second-order valence-electron chi connectivity index (χ2n) is 4.53. The first-order valence-electron chi connectivity index (χ1n) is 5.58. The van der Waals surface area contributed by atoms with E-state index in [-0.39, 0.29) is 11.3 Å². The quantitative estimate of drug-likeness (QED) is 0.870. The fourth-order valence-corrected chi connectivity index (χ4v) is 1.31. The third-order valence-corrected chi connectivity index (χ3v) is 2.91. The van der Waals surface area contributed by atoms with Gasteiger partial charge in [0.25, 0.3) is 0 Å². The molecular formula is C13H16F2N2. The molecular weight excluding hydrogens is 222 g/mol. The highest BCUT2D eigenvalue weighted by Gasteiger charge is 2.13. The Morgan fingerprint density at radius 2 is 1.76 bits per heavy atom. The van der Waals surface area contributed by atoms with Gasteiger partial charge in [0.2, 0.25) is 0 Å². The maximum atomic E-state index is 13.5. The molecule has 0 amide bonds. The SMILES string of the molecule is CC(C)C(C)CNc1c(F)cc(C#N)cc1F. The number of benzene rings is 1. The molecule has 0 aliphatic rings. The van der Waals surface area contributed by atoms with Gasteiger partial charge in [0.1, 0.15) is 5.69 Å². The number of rotatable bonds is 4. The minimum atomic E-state index is -0.725. The zero-order valence-electron chi connectivity index (χ0n) is 10.2. The van der Waals surface area contributed by atoms with Crippen molar-refractivity contribution >= 4 is 5.69 Å². The highest BCUT2D eigenvalue weighted by Crippen LogP contribution is 2.21. The van der Waals surface area contributed by atoms with Gasteiger partial charge in [0.05, 0.1) is 11.6 Å². The lowest BCUT2D eigenvalue weighted by molar-refractivity contribution is 0.437. The minimum absolute atomic E-state index is 0.0116. The summed E-state index contributed by atoms with van der Waals surface area (Å²) in [5.74, 6) is -0.702. The molecule has 92 valence electrons. The second-order valence-corrected chi connectivity index (χ2v) is 4.53. The van der Waals surface area contributed by atoms with Gasteiger partial charge in [-0.25, -0.2) is 8.78 Å². The van der Waals surface area contributed by atoms with E-state index in [0.717, 1.165) is 12.1 Å². The van der Waals surface area contributed by atoms with Crippen LogP contribution in [0.5, 0.6) is 0 Å². The lowest BCUT2D eigenvalue weighted by atomic mass is 9.98. The fraction of sp³-hybridized carbons (Fsp3) is 0.462. The molecule has 2 nitrogen and oxygen atoms in total. The first kappa shape index (κ1) is 13.4. The van der Waals surface area contributed by atoms with Crippen LogP contribution in [0, 0.1) is 34.8 Å². The van der Waals surface area contributed by atoms with Crippen molar-refractivity contribution in [3.8, 4) is 6.07 Å². The average molecular weight is 238 g/mol. The molecule has 1 aromatic carbocycles. The molecule has 0 aliphatic carbocycles. The molecule has 0 aliphatic heterocycles. The first-order valence-corrected chi connectivity index (χ1v) is 5.58. The van der Waals surface area contributed by atoms with Crippen LogP contribution in [0.1, 0.15) is 26.3 Å². The monoisotopic (exact) mass is 238 g/mol. The van der Waals surface area contributed by atoms with Gasteiger partial charge in [-0.3, -0.25) is 0 Å². The predicted molar refractivity (Wildman–Crippen MR) is 63.6 cm³/mol. The van der Waals surface area contributed by atoms with Gasteiger partial charge in [0, 0.05) is 6.54 Å². The van der Waals surface area contributed by atoms with E-state index in [1.807, 2.05) is 6.92 Å². The summed E-state index contributed by atoms with van der Waals surface area (Å²) in [6, 6.07) is 3.78. The molecule has 0 saturated carbocycles. The first-order chi connectivity index (χ1) is 7.95. The summed E-state index contributed by atoms with van der Waals surface area (Å²) in [6.45, 7) is 6.62. The van der Waals surface area contributed by atoms with Crippen molar-refractivity contribution in [1.29, 1.82) is 5.26 Å². The van der Waals surface area contributed by atoms with E-state index >= 15 is 0 Å². The van der Waals surface area contributed by atoms with E-state index in [1.165, 1.54) is 0 Å². The van der Waals surface area contributed by atoms with Gasteiger partial charge >= 0.3 is 0 Å². The van der Waals surface area contributed by atoms with Gasteiger partial charge in [0.15, 0.2) is 11.6 Å². The molecule has 1 N–H and O–H groups in total. The molecule has 0 fully saturated rings. The van der Waals surface area contributed by atoms with Crippen molar-refractivity contribution < 1.29 is 8.78 Å². The maximum absolute atomic E-state index is 13.5. The summed E-state index contributed by atoms with van der Waals surface area (Å²) in [5, 5.41) is 11.3. The van der Waals surface area contributed by atoms with Gasteiger partial charge in [-0.2, -0.15) is 5.26 Å². The zero-order chi connectivity index (χ0) is 13.0. The number of hydrogen-bond acceptors (Lipinski definition) is 2. The lowest BCUT2D eigenvalue weighted by Gasteiger charge is -2.17. The summed E-state index contributed by atoms with van der Waals surface area (Å²) >= 11 is 0. The Labute approximate surface area is 100 Å². The Balaban J connectivity index is 2.82. The van der Waals surface area contributed by atoms with Crippen LogP contribution < -0.4 is 5.32 Å². The van der Waals surface area contributed by atoms with Crippen LogP contribution in [-0.2, 0) is 0 Å². The Morgan fingerprint density at radius 1 is 1.24 bits per heavy atom. The van der Waals surface area contributed by atoms with Crippen LogP contribution in [-0.4, -0.2) is 6.54 Å². The van der Waals surface area contributed by atoms with E-state index in [0.29, 0.717) is 18.4 Å². The van der Waals surface area contributed by atoms with Crippen LogP contribution in [0.3, 0.4) is 0 Å². The molecule has 0 spiro atoms. The molecule has 17 heavy (non-hydrogen) atoms. The van der Waals surface area contributed by atoms with Crippen LogP contribution >= 0.6 is 0 Å². The van der Waals surface area contributed by atoms with Crippen LogP contribution in [0.15, 0.2) is 12.1 Å². The summed E-state index contributed by atoms with van der Waals surface area (Å²) < 4.78 is 27.0. The Bertz CT molecular complexity index is 413. The van der Waals surface area contributed by atoms with Crippen molar-refractivity contribution in [2.45, 2.75) is 20.8 Å². The van der Waals surface area contributed by atoms with Gasteiger partial charge in [-0.1, -0.05) is 20.8 Å². The molecule has 1 rings (SSSR count). The van der Waals surface area contributed by atoms with E-state index in [9.17, 15) is 8.78 Å². The van der Waals surface area contributed by atoms with E-state index < -0.39 is 11.6 Å². The zero-order valence-corrected chi connectivity index (χ0v) is 10.2. The third kappa shape index (κ3) is 3.42. The van der Waals surface area contributed by atoms with Gasteiger partial charge < -0.3 is 5.32 Å². The molecule has 1 aromatic rings. The maximum Gasteiger partial charge on any atom is 0.150 e. The van der Waals surface area contributed by atoms with Gasteiger partial charge in [-0.15, -0.1) is 0 Å². The summed E-state index contributed by atoms with van der Waals surface area (Å²) in [5.41, 5.74) is -0.168. The summed E-state index contributed by atoms with van der Waals surface area (Å²) in [6.07, 6.45) is 0. The van der Waals surface area contributed by atoms with Crippen molar-refractivity contribution in [3.05, 3.63) is 29.3 Å². The topological polar surface area (TPSA) is 35.8 Å². The van der Waals surface area contributed by atoms with E-state index in [4.69, 9.17) is 5.26 Å². The van der Waals surface area contributed by atoms with Crippen molar-refractivity contribution in [1.82, 2.24) is 0 Å². The van der Waals surface area contributed by atoms with Gasteiger partial charge in [-0.05, 0) is 24.0 Å². The lowest BCUT2D eigenvalue weighted by Crippen LogP contribution is -2.17. The molecule has 1 unspecified atom stereocenters. The molecule has 1 atom stereocenters.